The molecule has 0 amide bonds. The minimum absolute atomic E-state index is 0.218. The zero-order valence-corrected chi connectivity index (χ0v) is 8.99. The van der Waals surface area contributed by atoms with Gasteiger partial charge in [-0.15, -0.1) is 20.2 Å². The maximum absolute atomic E-state index is 9.08. The molecule has 1 rings (SSSR count). The van der Waals surface area contributed by atoms with Crippen LogP contribution < -0.4 is 0 Å². The number of hydrogen-bond donors (Lipinski definition) is 4. The third-order valence-corrected chi connectivity index (χ3v) is 1.36. The molecular formula is C8H12N2O8. The Morgan fingerprint density at radius 3 is 1.67 bits per heavy atom. The summed E-state index contributed by atoms with van der Waals surface area (Å²) in [7, 11) is 0. The number of nitrogens with zero attached hydrogens (tertiary/aromatic N) is 2. The lowest BCUT2D eigenvalue weighted by atomic mass is 10.1. The maximum Gasteiger partial charge on any atom is 0.291 e. The zero-order valence-electron chi connectivity index (χ0n) is 8.99. The van der Waals surface area contributed by atoms with Gasteiger partial charge in [0.1, 0.15) is 6.10 Å². The minimum Gasteiger partial charge on any atom is -0.393 e. The van der Waals surface area contributed by atoms with Crippen molar-refractivity contribution in [1.82, 2.24) is 0 Å². The fourth-order valence-electron chi connectivity index (χ4n) is 0.781. The molecule has 1 aromatic rings. The van der Waals surface area contributed by atoms with Gasteiger partial charge in [-0.3, -0.25) is 0 Å². The number of rotatable bonds is 2. The van der Waals surface area contributed by atoms with Crippen molar-refractivity contribution in [2.75, 3.05) is 6.61 Å². The van der Waals surface area contributed by atoms with Gasteiger partial charge in [-0.2, -0.15) is 0 Å². The fraction of sp³-hybridized carbons (Fsp3) is 0.250. The van der Waals surface area contributed by atoms with E-state index in [4.69, 9.17) is 40.9 Å². The molecule has 0 saturated heterocycles. The van der Waals surface area contributed by atoms with Crippen LogP contribution in [0.2, 0.25) is 0 Å². The summed E-state index contributed by atoms with van der Waals surface area (Å²) in [5, 5.41) is 44.9. The second-order valence-corrected chi connectivity index (χ2v) is 2.58. The highest BCUT2D eigenvalue weighted by molar-refractivity contribution is 5.16. The van der Waals surface area contributed by atoms with Gasteiger partial charge < -0.3 is 20.6 Å². The van der Waals surface area contributed by atoms with E-state index >= 15 is 0 Å². The molecule has 0 aliphatic carbocycles. The molecule has 0 fully saturated rings. The van der Waals surface area contributed by atoms with Crippen molar-refractivity contribution in [2.45, 2.75) is 6.10 Å². The molecule has 1 aromatic carbocycles. The number of aliphatic hydroxyl groups is 2. The van der Waals surface area contributed by atoms with Gasteiger partial charge in [0.25, 0.3) is 10.2 Å². The van der Waals surface area contributed by atoms with Crippen LogP contribution in [0.25, 0.3) is 0 Å². The summed E-state index contributed by atoms with van der Waals surface area (Å²) in [6.45, 7) is -0.218. The van der Waals surface area contributed by atoms with E-state index in [-0.39, 0.29) is 6.61 Å². The van der Waals surface area contributed by atoms with E-state index in [2.05, 4.69) is 0 Å². The van der Waals surface area contributed by atoms with E-state index in [9.17, 15) is 0 Å². The van der Waals surface area contributed by atoms with E-state index in [1.807, 2.05) is 18.2 Å². The summed E-state index contributed by atoms with van der Waals surface area (Å²) >= 11 is 0. The topological polar surface area (TPSA) is 167 Å². The lowest BCUT2D eigenvalue weighted by Crippen LogP contribution is -2.01. The molecule has 10 heteroatoms. The van der Waals surface area contributed by atoms with Gasteiger partial charge in [0.2, 0.25) is 0 Å². The molecule has 0 bridgehead atoms. The lowest BCUT2D eigenvalue weighted by Gasteiger charge is -2.05. The fourth-order valence-corrected chi connectivity index (χ4v) is 0.781. The monoisotopic (exact) mass is 264 g/mol. The molecular weight excluding hydrogens is 252 g/mol. The average molecular weight is 264 g/mol. The molecule has 0 aliphatic rings. The largest absolute Gasteiger partial charge is 0.393 e. The quantitative estimate of drug-likeness (QED) is 0.428. The summed E-state index contributed by atoms with van der Waals surface area (Å²) < 4.78 is 0. The number of aliphatic hydroxyl groups excluding tert-OH is 2. The van der Waals surface area contributed by atoms with Crippen molar-refractivity contribution >= 4 is 0 Å². The first-order chi connectivity index (χ1) is 8.31. The Balaban J connectivity index is 0. The van der Waals surface area contributed by atoms with Crippen molar-refractivity contribution in [3.05, 3.63) is 56.1 Å². The first kappa shape index (κ1) is 17.9. The van der Waals surface area contributed by atoms with Crippen molar-refractivity contribution < 1.29 is 30.8 Å². The molecule has 0 aliphatic heterocycles. The molecule has 1 atom stereocenters. The molecule has 10 nitrogen and oxygen atoms in total. The van der Waals surface area contributed by atoms with E-state index in [0.717, 1.165) is 5.56 Å². The van der Waals surface area contributed by atoms with Crippen LogP contribution in [-0.4, -0.2) is 37.4 Å². The third-order valence-electron chi connectivity index (χ3n) is 1.36. The highest BCUT2D eigenvalue weighted by atomic mass is 16.9. The Kier molecular flexibility index (Phi) is 11.0. The van der Waals surface area contributed by atoms with Gasteiger partial charge >= 0.3 is 0 Å². The van der Waals surface area contributed by atoms with E-state index < -0.39 is 16.3 Å². The van der Waals surface area contributed by atoms with Crippen LogP contribution in [0, 0.1) is 20.2 Å². The highest BCUT2D eigenvalue weighted by Crippen LogP contribution is 2.09. The van der Waals surface area contributed by atoms with Crippen LogP contribution >= 0.6 is 0 Å². The van der Waals surface area contributed by atoms with Gasteiger partial charge in [0, 0.05) is 0 Å². The number of hydrogen-bond acceptors (Lipinski definition) is 6. The van der Waals surface area contributed by atoms with Gasteiger partial charge in [-0.05, 0) is 5.56 Å². The molecule has 0 saturated carbocycles. The summed E-state index contributed by atoms with van der Waals surface area (Å²) in [4.78, 5) is 16.7. The van der Waals surface area contributed by atoms with Crippen LogP contribution in [0.15, 0.2) is 30.3 Å². The highest BCUT2D eigenvalue weighted by Gasteiger charge is 2.02. The predicted molar refractivity (Wildman–Crippen MR) is 56.0 cm³/mol. The first-order valence-electron chi connectivity index (χ1n) is 4.31. The Morgan fingerprint density at radius 1 is 1.06 bits per heavy atom. The smallest absolute Gasteiger partial charge is 0.291 e. The molecule has 0 heterocycles. The Hall–Kier alpha value is -2.46. The summed E-state index contributed by atoms with van der Waals surface area (Å²) in [5.74, 6) is 0. The molecule has 0 spiro atoms. The van der Waals surface area contributed by atoms with Gasteiger partial charge in [-0.25, -0.2) is 0 Å². The van der Waals surface area contributed by atoms with Crippen molar-refractivity contribution in [2.24, 2.45) is 0 Å². The Morgan fingerprint density at radius 2 is 1.39 bits per heavy atom. The van der Waals surface area contributed by atoms with E-state index in [1.165, 1.54) is 0 Å². The first-order valence-corrected chi connectivity index (χ1v) is 4.31. The van der Waals surface area contributed by atoms with Crippen LogP contribution in [0.4, 0.5) is 0 Å². The van der Waals surface area contributed by atoms with Crippen LogP contribution in [-0.2, 0) is 0 Å². The van der Waals surface area contributed by atoms with Crippen molar-refractivity contribution in [3.8, 4) is 0 Å². The molecule has 4 N–H and O–H groups in total. The normalized spacial score (nSPS) is 9.89. The summed E-state index contributed by atoms with van der Waals surface area (Å²) in [6, 6.07) is 9.08. The van der Waals surface area contributed by atoms with Gasteiger partial charge in [0.15, 0.2) is 0 Å². The predicted octanol–water partition coefficient (Wildman–Crippen LogP) is 0.0169. The molecule has 102 valence electrons. The molecule has 1 unspecified atom stereocenters. The minimum atomic E-state index is -1.50. The second kappa shape index (κ2) is 11.0. The van der Waals surface area contributed by atoms with Crippen LogP contribution in [0.3, 0.4) is 0 Å². The van der Waals surface area contributed by atoms with Crippen molar-refractivity contribution in [3.63, 3.8) is 0 Å². The second-order valence-electron chi connectivity index (χ2n) is 2.58. The Labute approximate surface area is 101 Å². The molecule has 0 aromatic heterocycles. The Bertz CT molecular complexity index is 324. The zero-order chi connectivity index (χ0) is 14.6. The SMILES string of the molecule is O=[N+]([O-])O.O=[N+]([O-])O.OCC(O)c1ccccc1. The third kappa shape index (κ3) is 16.0. The summed E-state index contributed by atoms with van der Waals surface area (Å²) in [5.41, 5.74) is 0.755. The average Bonchev–Trinajstić information content (AvgIpc) is 2.28. The lowest BCUT2D eigenvalue weighted by molar-refractivity contribution is -0.742. The maximum atomic E-state index is 9.08. The molecule has 18 heavy (non-hydrogen) atoms. The van der Waals surface area contributed by atoms with Crippen molar-refractivity contribution in [1.29, 1.82) is 0 Å². The standard InChI is InChI=1S/C8H10O2.2HNO3/c9-6-8(10)7-4-2-1-3-5-7;2*2-1(3)4/h1-5,8-10H,6H2;2*(H,2,3,4). The van der Waals surface area contributed by atoms with Gasteiger partial charge in [0.05, 0.1) is 6.61 Å². The van der Waals surface area contributed by atoms with Crippen LogP contribution in [0.5, 0.6) is 0 Å². The summed E-state index contributed by atoms with van der Waals surface area (Å²) in [6.07, 6.45) is -0.735. The van der Waals surface area contributed by atoms with Gasteiger partial charge in [-0.1, -0.05) is 30.3 Å². The van der Waals surface area contributed by atoms with E-state index in [0.29, 0.717) is 0 Å². The van der Waals surface area contributed by atoms with Crippen LogP contribution in [0.1, 0.15) is 11.7 Å². The number of benzene rings is 1. The molecule has 0 radical (unpaired) electrons. The van der Waals surface area contributed by atoms with E-state index in [1.54, 1.807) is 12.1 Å².